The predicted molar refractivity (Wildman–Crippen MR) is 144 cm³/mol. The van der Waals surface area contributed by atoms with E-state index in [0.29, 0.717) is 11.4 Å². The molecule has 190 valence electrons. The van der Waals surface area contributed by atoms with Crippen LogP contribution < -0.4 is 10.6 Å². The van der Waals surface area contributed by atoms with E-state index in [0.717, 1.165) is 40.0 Å². The van der Waals surface area contributed by atoms with Gasteiger partial charge in [0.1, 0.15) is 19.4 Å². The van der Waals surface area contributed by atoms with Gasteiger partial charge < -0.3 is 25.1 Å². The summed E-state index contributed by atoms with van der Waals surface area (Å²) in [5, 5.41) is 13.7. The lowest BCUT2D eigenvalue weighted by molar-refractivity contribution is -0.0987. The number of benzene rings is 1. The molecule has 0 unspecified atom stereocenters. The fraction of sp³-hybridized carbons (Fsp3) is 0.231. The molecule has 3 aromatic heterocycles. The van der Waals surface area contributed by atoms with Crippen LogP contribution in [-0.2, 0) is 16.1 Å². The molecular weight excluding hydrogens is 458 g/mol. The van der Waals surface area contributed by atoms with Gasteiger partial charge in [0.15, 0.2) is 5.69 Å². The molecule has 10 nitrogen and oxygen atoms in total. The molecule has 36 heavy (non-hydrogen) atoms. The lowest BCUT2D eigenvalue weighted by Gasteiger charge is -2.10. The molecule has 0 bridgehead atoms. The number of aromatic nitrogens is 4. The number of nitrogens with one attached hydrogen (secondary N) is 3. The van der Waals surface area contributed by atoms with Gasteiger partial charge in [-0.2, -0.15) is 5.10 Å². The Morgan fingerprint density at radius 2 is 1.69 bits per heavy atom. The average Bonchev–Trinajstić information content (AvgIpc) is 3.36. The summed E-state index contributed by atoms with van der Waals surface area (Å²) in [7, 11) is 5.84. The van der Waals surface area contributed by atoms with Crippen LogP contribution in [0.1, 0.15) is 29.9 Å². The van der Waals surface area contributed by atoms with Gasteiger partial charge in [-0.1, -0.05) is 19.9 Å². The Morgan fingerprint density at radius 3 is 2.31 bits per heavy atom. The Balaban J connectivity index is 0.00000101. The second kappa shape index (κ2) is 15.5. The predicted octanol–water partition coefficient (Wildman–Crippen LogP) is 4.03. The number of carbonyl (C=O) groups excluding carboxylic acids is 3. The summed E-state index contributed by atoms with van der Waals surface area (Å²) in [6.07, 6.45) is 5.30. The maximum atomic E-state index is 12.8. The van der Waals surface area contributed by atoms with E-state index in [-0.39, 0.29) is 5.91 Å². The highest BCUT2D eigenvalue weighted by Crippen LogP contribution is 2.26. The molecule has 3 heterocycles. The highest BCUT2D eigenvalue weighted by atomic mass is 16.2. The van der Waals surface area contributed by atoms with Gasteiger partial charge in [-0.15, -0.1) is 0 Å². The summed E-state index contributed by atoms with van der Waals surface area (Å²) in [6, 6.07) is 11.6. The third-order valence-corrected chi connectivity index (χ3v) is 4.68. The van der Waals surface area contributed by atoms with Crippen LogP contribution in [0.3, 0.4) is 0 Å². The van der Waals surface area contributed by atoms with Crippen LogP contribution in [0, 0.1) is 0 Å². The number of H-pyrrole nitrogens is 1. The smallest absolute Gasteiger partial charge is 0.276 e. The van der Waals surface area contributed by atoms with Crippen molar-refractivity contribution in [3.8, 4) is 11.1 Å². The third kappa shape index (κ3) is 7.81. The second-order valence-electron chi connectivity index (χ2n) is 7.29. The monoisotopic (exact) mass is 491 g/mol. The van der Waals surface area contributed by atoms with Gasteiger partial charge in [-0.25, -0.2) is 4.98 Å². The van der Waals surface area contributed by atoms with E-state index in [4.69, 9.17) is 9.59 Å². The molecule has 4 aromatic rings. The zero-order chi connectivity index (χ0) is 27.1. The first-order valence-corrected chi connectivity index (χ1v) is 11.1. The van der Waals surface area contributed by atoms with E-state index in [1.165, 1.54) is 0 Å². The van der Waals surface area contributed by atoms with Crippen molar-refractivity contribution in [3.63, 3.8) is 0 Å². The van der Waals surface area contributed by atoms with E-state index < -0.39 is 0 Å². The number of anilines is 2. The van der Waals surface area contributed by atoms with Crippen molar-refractivity contribution in [2.75, 3.05) is 31.8 Å². The van der Waals surface area contributed by atoms with Crippen molar-refractivity contribution in [1.82, 2.24) is 25.1 Å². The standard InChI is InChI=1S/C22H23N7O.C2H6.2CH2O/c1-23-20-7-5-17(12-25-20)26-22(30)21-18-9-15(4-6-19(18)27-28-21)16-8-14(10-24-11-16)13-29(2)3;3*1-2/h4-12H,13H2,1-3H3,(H,23,25)(H,26,30)(H,27,28);1-2H3;2*1H2. The van der Waals surface area contributed by atoms with Gasteiger partial charge in [0.05, 0.1) is 17.4 Å². The Labute approximate surface area is 211 Å². The topological polar surface area (TPSA) is 133 Å². The SMILES string of the molecule is C=O.C=O.CC.CNc1ccc(NC(=O)c2n[nH]c3ccc(-c4cncc(CN(C)C)c4)cc23)cn1. The van der Waals surface area contributed by atoms with Crippen molar-refractivity contribution in [1.29, 1.82) is 0 Å². The first-order chi connectivity index (χ1) is 17.5. The number of fused-ring (bicyclic) bond motifs is 1. The van der Waals surface area contributed by atoms with Crippen LogP contribution in [0.15, 0.2) is 55.0 Å². The highest BCUT2D eigenvalue weighted by Gasteiger charge is 2.15. The van der Waals surface area contributed by atoms with Crippen molar-refractivity contribution in [3.05, 3.63) is 66.2 Å². The van der Waals surface area contributed by atoms with Gasteiger partial charge in [0.25, 0.3) is 5.91 Å². The molecule has 0 aliphatic heterocycles. The van der Waals surface area contributed by atoms with E-state index in [1.807, 2.05) is 72.1 Å². The summed E-state index contributed by atoms with van der Waals surface area (Å²) in [5.74, 6) is 0.435. The number of nitrogens with zero attached hydrogens (tertiary/aromatic N) is 4. The van der Waals surface area contributed by atoms with Crippen LogP contribution in [0.4, 0.5) is 11.5 Å². The fourth-order valence-electron chi connectivity index (χ4n) is 3.27. The molecule has 10 heteroatoms. The fourth-order valence-corrected chi connectivity index (χ4v) is 3.27. The van der Waals surface area contributed by atoms with E-state index >= 15 is 0 Å². The largest absolute Gasteiger partial charge is 0.373 e. The summed E-state index contributed by atoms with van der Waals surface area (Å²) in [4.78, 5) is 39.5. The molecular formula is C26H33N7O3. The molecule has 3 N–H and O–H groups in total. The maximum Gasteiger partial charge on any atom is 0.276 e. The number of carbonyl (C=O) groups is 3. The highest BCUT2D eigenvalue weighted by molar-refractivity contribution is 6.11. The Hall–Kier alpha value is -4.44. The normalized spacial score (nSPS) is 9.61. The lowest BCUT2D eigenvalue weighted by Crippen LogP contribution is -2.13. The molecule has 0 fully saturated rings. The van der Waals surface area contributed by atoms with Gasteiger partial charge in [0.2, 0.25) is 0 Å². The van der Waals surface area contributed by atoms with Crippen molar-refractivity contribution < 1.29 is 14.4 Å². The first-order valence-electron chi connectivity index (χ1n) is 11.1. The van der Waals surface area contributed by atoms with E-state index in [9.17, 15) is 4.79 Å². The summed E-state index contributed by atoms with van der Waals surface area (Å²) >= 11 is 0. The van der Waals surface area contributed by atoms with Gasteiger partial charge >= 0.3 is 0 Å². The van der Waals surface area contributed by atoms with E-state index in [2.05, 4.69) is 41.8 Å². The molecule has 0 atom stereocenters. The van der Waals surface area contributed by atoms with Crippen LogP contribution in [0.5, 0.6) is 0 Å². The molecule has 1 aromatic carbocycles. The quantitative estimate of drug-likeness (QED) is 0.368. The number of aromatic amines is 1. The first kappa shape index (κ1) is 29.6. The average molecular weight is 492 g/mol. The van der Waals surface area contributed by atoms with Crippen molar-refractivity contribution in [2.45, 2.75) is 20.4 Å². The molecule has 1 amide bonds. The number of rotatable bonds is 6. The van der Waals surface area contributed by atoms with Crippen LogP contribution in [-0.4, -0.2) is 65.7 Å². The molecule has 0 aliphatic rings. The summed E-state index contributed by atoms with van der Waals surface area (Å²) < 4.78 is 0. The number of hydrogen-bond acceptors (Lipinski definition) is 8. The molecule has 4 rings (SSSR count). The number of pyridine rings is 2. The summed E-state index contributed by atoms with van der Waals surface area (Å²) in [6.45, 7) is 8.81. The van der Waals surface area contributed by atoms with Gasteiger partial charge in [-0.05, 0) is 55.6 Å². The summed E-state index contributed by atoms with van der Waals surface area (Å²) in [5.41, 5.74) is 4.83. The minimum atomic E-state index is -0.295. The molecule has 0 radical (unpaired) electrons. The number of amides is 1. The molecule has 0 saturated carbocycles. The van der Waals surface area contributed by atoms with Crippen LogP contribution in [0.2, 0.25) is 0 Å². The minimum absolute atomic E-state index is 0.295. The second-order valence-corrected chi connectivity index (χ2v) is 7.29. The minimum Gasteiger partial charge on any atom is -0.373 e. The van der Waals surface area contributed by atoms with E-state index in [1.54, 1.807) is 25.4 Å². The Morgan fingerprint density at radius 1 is 0.972 bits per heavy atom. The lowest BCUT2D eigenvalue weighted by atomic mass is 10.0. The van der Waals surface area contributed by atoms with Crippen molar-refractivity contribution >= 4 is 41.9 Å². The molecule has 0 aliphatic carbocycles. The maximum absolute atomic E-state index is 12.8. The van der Waals surface area contributed by atoms with Crippen LogP contribution >= 0.6 is 0 Å². The molecule has 0 spiro atoms. The Kier molecular flexibility index (Phi) is 12.7. The Bertz CT molecular complexity index is 1220. The third-order valence-electron chi connectivity index (χ3n) is 4.68. The van der Waals surface area contributed by atoms with Gasteiger partial charge in [0, 0.05) is 36.9 Å². The van der Waals surface area contributed by atoms with Gasteiger partial charge in [-0.3, -0.25) is 14.9 Å². The zero-order valence-corrected chi connectivity index (χ0v) is 21.3. The molecule has 0 saturated heterocycles. The zero-order valence-electron chi connectivity index (χ0n) is 21.3. The van der Waals surface area contributed by atoms with Crippen molar-refractivity contribution in [2.24, 2.45) is 0 Å². The van der Waals surface area contributed by atoms with Crippen LogP contribution in [0.25, 0.3) is 22.0 Å². The number of hydrogen-bond donors (Lipinski definition) is 3.